The van der Waals surface area contributed by atoms with E-state index < -0.39 is 11.9 Å². The van der Waals surface area contributed by atoms with Crippen LogP contribution in [-0.2, 0) is 20.7 Å². The van der Waals surface area contributed by atoms with Crippen LogP contribution in [0.15, 0.2) is 48.5 Å². The number of hydrogen-bond acceptors (Lipinski definition) is 6. The van der Waals surface area contributed by atoms with E-state index in [1.807, 2.05) is 12.1 Å². The van der Waals surface area contributed by atoms with Crippen molar-refractivity contribution in [2.75, 3.05) is 31.6 Å². The number of rotatable bonds is 8. The van der Waals surface area contributed by atoms with Crippen LogP contribution in [-0.4, -0.2) is 49.6 Å². The molecule has 0 aromatic heterocycles. The molecule has 2 unspecified atom stereocenters. The molecule has 2 aromatic rings. The van der Waals surface area contributed by atoms with Crippen molar-refractivity contribution < 1.29 is 24.2 Å². The van der Waals surface area contributed by atoms with Gasteiger partial charge in [0.25, 0.3) is 5.91 Å². The lowest BCUT2D eigenvalue weighted by atomic mass is 9.97. The van der Waals surface area contributed by atoms with Gasteiger partial charge in [-0.1, -0.05) is 12.1 Å². The Morgan fingerprint density at radius 3 is 2.47 bits per heavy atom. The molecule has 1 saturated heterocycles. The first-order valence-corrected chi connectivity index (χ1v) is 10.7. The Morgan fingerprint density at radius 1 is 1.16 bits per heavy atom. The van der Waals surface area contributed by atoms with Crippen molar-refractivity contribution >= 4 is 23.5 Å². The van der Waals surface area contributed by atoms with Crippen LogP contribution in [0.25, 0.3) is 0 Å². The van der Waals surface area contributed by atoms with Crippen LogP contribution in [0, 0.1) is 11.8 Å². The van der Waals surface area contributed by atoms with Gasteiger partial charge in [-0.25, -0.2) is 0 Å². The Balaban J connectivity index is 1.59. The zero-order valence-electron chi connectivity index (χ0n) is 18.1. The fourth-order valence-electron chi connectivity index (χ4n) is 3.91. The number of carbonyl (C=O) groups is 3. The van der Waals surface area contributed by atoms with Crippen LogP contribution >= 0.6 is 0 Å². The van der Waals surface area contributed by atoms with Gasteiger partial charge in [0.1, 0.15) is 5.75 Å². The molecule has 2 aromatic carbocycles. The molecule has 0 saturated carbocycles. The maximum absolute atomic E-state index is 12.6. The Kier molecular flexibility index (Phi) is 7.70. The van der Waals surface area contributed by atoms with Crippen LogP contribution in [0.1, 0.15) is 28.8 Å². The molecule has 8 nitrogen and oxygen atoms in total. The second-order valence-electron chi connectivity index (χ2n) is 8.04. The van der Waals surface area contributed by atoms with E-state index in [9.17, 15) is 19.5 Å². The van der Waals surface area contributed by atoms with Gasteiger partial charge in [-0.15, -0.1) is 0 Å². The molecule has 32 heavy (non-hydrogen) atoms. The number of ether oxygens (including phenoxy) is 1. The summed E-state index contributed by atoms with van der Waals surface area (Å²) in [5.74, 6) is -1.54. The topological polar surface area (TPSA) is 122 Å². The van der Waals surface area contributed by atoms with Gasteiger partial charge in [0.05, 0.1) is 18.9 Å². The molecular weight excluding hydrogens is 410 g/mol. The van der Waals surface area contributed by atoms with Crippen LogP contribution in [0.4, 0.5) is 5.69 Å². The smallest absolute Gasteiger partial charge is 0.310 e. The van der Waals surface area contributed by atoms with E-state index in [0.29, 0.717) is 18.5 Å². The number of esters is 1. The number of carbonyl (C=O) groups excluding carboxylic acids is 3. The second kappa shape index (κ2) is 10.7. The SMILES string of the molecule is COC(=O)C(CNC(=O)c1ccc(N2CCCC(C(N)=O)C2)cc1)Cc1ccc(O)cc1. The van der Waals surface area contributed by atoms with Crippen LogP contribution in [0.3, 0.4) is 0 Å². The highest BCUT2D eigenvalue weighted by atomic mass is 16.5. The monoisotopic (exact) mass is 439 g/mol. The molecule has 4 N–H and O–H groups in total. The number of piperidine rings is 1. The highest BCUT2D eigenvalue weighted by Crippen LogP contribution is 2.23. The van der Waals surface area contributed by atoms with E-state index in [4.69, 9.17) is 10.5 Å². The summed E-state index contributed by atoms with van der Waals surface area (Å²) in [7, 11) is 1.32. The van der Waals surface area contributed by atoms with Crippen molar-refractivity contribution in [1.29, 1.82) is 0 Å². The minimum atomic E-state index is -0.549. The summed E-state index contributed by atoms with van der Waals surface area (Å²) in [6.07, 6.45) is 2.08. The third kappa shape index (κ3) is 6.00. The third-order valence-electron chi connectivity index (χ3n) is 5.78. The number of primary amides is 1. The Hall–Kier alpha value is -3.55. The molecule has 1 aliphatic heterocycles. The predicted octanol–water partition coefficient (Wildman–Crippen LogP) is 1.86. The van der Waals surface area contributed by atoms with E-state index in [0.717, 1.165) is 30.6 Å². The fourth-order valence-corrected chi connectivity index (χ4v) is 3.91. The first-order chi connectivity index (χ1) is 15.4. The molecule has 0 radical (unpaired) electrons. The standard InChI is InChI=1S/C24H29N3O5/c1-32-24(31)19(13-16-4-10-21(28)11-5-16)14-26-23(30)17-6-8-20(9-7-17)27-12-2-3-18(15-27)22(25)29/h4-11,18-19,28H,2-3,12-15H2,1H3,(H2,25,29)(H,26,30). The molecule has 1 aliphatic rings. The summed E-state index contributed by atoms with van der Waals surface area (Å²) >= 11 is 0. The average Bonchev–Trinajstić information content (AvgIpc) is 2.82. The summed E-state index contributed by atoms with van der Waals surface area (Å²) < 4.78 is 4.88. The highest BCUT2D eigenvalue weighted by Gasteiger charge is 2.24. The number of phenolic OH excluding ortho intramolecular Hbond substituents is 1. The minimum absolute atomic E-state index is 0.126. The summed E-state index contributed by atoms with van der Waals surface area (Å²) in [6, 6.07) is 13.7. The van der Waals surface area contributed by atoms with Crippen molar-refractivity contribution in [3.8, 4) is 5.75 Å². The van der Waals surface area contributed by atoms with Gasteiger partial charge in [0.2, 0.25) is 5.91 Å². The molecule has 2 amide bonds. The first kappa shape index (κ1) is 23.1. The van der Waals surface area contributed by atoms with Crippen molar-refractivity contribution in [1.82, 2.24) is 5.32 Å². The van der Waals surface area contributed by atoms with Crippen LogP contribution < -0.4 is 16.0 Å². The number of benzene rings is 2. The van der Waals surface area contributed by atoms with E-state index in [-0.39, 0.29) is 30.0 Å². The number of nitrogens with one attached hydrogen (secondary N) is 1. The van der Waals surface area contributed by atoms with Crippen LogP contribution in [0.5, 0.6) is 5.75 Å². The normalized spacial score (nSPS) is 16.8. The Labute approximate surface area is 187 Å². The van der Waals surface area contributed by atoms with Gasteiger partial charge in [-0.05, 0) is 61.2 Å². The number of phenols is 1. The van der Waals surface area contributed by atoms with Crippen molar-refractivity contribution in [3.63, 3.8) is 0 Å². The average molecular weight is 440 g/mol. The van der Waals surface area contributed by atoms with Gasteiger partial charge < -0.3 is 25.8 Å². The lowest BCUT2D eigenvalue weighted by Gasteiger charge is -2.33. The minimum Gasteiger partial charge on any atom is -0.508 e. The maximum Gasteiger partial charge on any atom is 0.310 e. The molecule has 0 spiro atoms. The number of nitrogens with two attached hydrogens (primary N) is 1. The summed E-state index contributed by atoms with van der Waals surface area (Å²) in [6.45, 7) is 1.55. The fraction of sp³-hybridized carbons (Fsp3) is 0.375. The first-order valence-electron chi connectivity index (χ1n) is 10.7. The van der Waals surface area contributed by atoms with E-state index >= 15 is 0 Å². The Morgan fingerprint density at radius 2 is 1.84 bits per heavy atom. The van der Waals surface area contributed by atoms with E-state index in [2.05, 4.69) is 10.2 Å². The van der Waals surface area contributed by atoms with Gasteiger partial charge in [0, 0.05) is 30.9 Å². The zero-order valence-corrected chi connectivity index (χ0v) is 18.1. The molecule has 0 aliphatic carbocycles. The number of methoxy groups -OCH3 is 1. The van der Waals surface area contributed by atoms with Gasteiger partial charge >= 0.3 is 5.97 Å². The van der Waals surface area contributed by atoms with E-state index in [1.54, 1.807) is 36.4 Å². The second-order valence-corrected chi connectivity index (χ2v) is 8.04. The molecule has 1 heterocycles. The molecule has 170 valence electrons. The summed E-state index contributed by atoms with van der Waals surface area (Å²) in [5, 5.41) is 12.2. The zero-order chi connectivity index (χ0) is 23.1. The summed E-state index contributed by atoms with van der Waals surface area (Å²) in [4.78, 5) is 38.4. The highest BCUT2D eigenvalue weighted by molar-refractivity contribution is 5.94. The number of aromatic hydroxyl groups is 1. The lowest BCUT2D eigenvalue weighted by molar-refractivity contribution is -0.145. The maximum atomic E-state index is 12.6. The molecule has 8 heteroatoms. The van der Waals surface area contributed by atoms with Crippen molar-refractivity contribution in [2.45, 2.75) is 19.3 Å². The van der Waals surface area contributed by atoms with Crippen molar-refractivity contribution in [2.24, 2.45) is 17.6 Å². The molecular formula is C24H29N3O5. The van der Waals surface area contributed by atoms with Gasteiger partial charge in [-0.3, -0.25) is 14.4 Å². The molecule has 3 rings (SSSR count). The Bertz CT molecular complexity index is 943. The summed E-state index contributed by atoms with van der Waals surface area (Å²) in [5.41, 5.74) is 7.72. The number of amides is 2. The predicted molar refractivity (Wildman–Crippen MR) is 120 cm³/mol. The largest absolute Gasteiger partial charge is 0.508 e. The van der Waals surface area contributed by atoms with E-state index in [1.165, 1.54) is 7.11 Å². The van der Waals surface area contributed by atoms with Crippen molar-refractivity contribution in [3.05, 3.63) is 59.7 Å². The number of anilines is 1. The van der Waals surface area contributed by atoms with Crippen LogP contribution in [0.2, 0.25) is 0 Å². The quantitative estimate of drug-likeness (QED) is 0.540. The molecule has 2 atom stereocenters. The number of nitrogens with zero attached hydrogens (tertiary/aromatic N) is 1. The third-order valence-corrected chi connectivity index (χ3v) is 5.78. The molecule has 1 fully saturated rings. The molecule has 0 bridgehead atoms. The lowest BCUT2D eigenvalue weighted by Crippen LogP contribution is -2.41. The number of hydrogen-bond donors (Lipinski definition) is 3. The van der Waals surface area contributed by atoms with Gasteiger partial charge in [0.15, 0.2) is 0 Å². The van der Waals surface area contributed by atoms with Gasteiger partial charge in [-0.2, -0.15) is 0 Å².